The summed E-state index contributed by atoms with van der Waals surface area (Å²) in [6.07, 6.45) is 1.21. The normalized spacial score (nSPS) is 31.5. The second-order valence-corrected chi connectivity index (χ2v) is 2.91. The first-order valence-corrected chi connectivity index (χ1v) is 2.76. The summed E-state index contributed by atoms with van der Waals surface area (Å²) < 4.78 is 4.69. The maximum absolute atomic E-state index is 9.72. The Morgan fingerprint density at radius 3 is 2.38 bits per heavy atom. The van der Waals surface area contributed by atoms with Gasteiger partial charge in [-0.25, -0.2) is 0 Å². The molecule has 1 aliphatic carbocycles. The van der Waals surface area contributed by atoms with E-state index in [1.54, 1.807) is 0 Å². The van der Waals surface area contributed by atoms with E-state index in [9.17, 15) is 4.79 Å². The Bertz CT molecular complexity index is 107. The highest BCUT2D eigenvalue weighted by Gasteiger charge is 2.47. The van der Waals surface area contributed by atoms with Crippen LogP contribution in [-0.4, -0.2) is 12.6 Å². The van der Waals surface area contributed by atoms with Gasteiger partial charge in [0, 0.05) is 5.41 Å². The van der Waals surface area contributed by atoms with E-state index in [0.717, 1.165) is 6.42 Å². The number of ether oxygens (including phenoxy) is 1. The van der Waals surface area contributed by atoms with Crippen molar-refractivity contribution < 1.29 is 9.53 Å². The predicted molar refractivity (Wildman–Crippen MR) is 29.3 cm³/mol. The van der Waals surface area contributed by atoms with Crippen LogP contribution in [0.4, 0.5) is 0 Å². The third-order valence-electron chi connectivity index (χ3n) is 1.64. The molecule has 8 heavy (non-hydrogen) atoms. The molecule has 1 saturated carbocycles. The summed E-state index contributed by atoms with van der Waals surface area (Å²) in [5, 5.41) is 0. The molecule has 0 amide bonds. The van der Waals surface area contributed by atoms with Crippen molar-refractivity contribution in [2.24, 2.45) is 5.41 Å². The highest BCUT2D eigenvalue weighted by molar-refractivity contribution is 5.38. The Morgan fingerprint density at radius 2 is 2.25 bits per heavy atom. The Labute approximate surface area is 48.8 Å². The minimum atomic E-state index is 0.194. The van der Waals surface area contributed by atoms with Crippen LogP contribution in [0.25, 0.3) is 0 Å². The molecule has 0 N–H and O–H groups in total. The number of carbonyl (C=O) groups excluding carboxylic acids is 1. The van der Waals surface area contributed by atoms with Crippen LogP contribution < -0.4 is 0 Å². The van der Waals surface area contributed by atoms with Crippen molar-refractivity contribution in [3.8, 4) is 0 Å². The molecule has 1 atom stereocenters. The summed E-state index contributed by atoms with van der Waals surface area (Å²) in [7, 11) is 0. The monoisotopic (exact) mass is 114 g/mol. The fourth-order valence-corrected chi connectivity index (χ4v) is 0.718. The van der Waals surface area contributed by atoms with E-state index in [-0.39, 0.29) is 11.5 Å². The summed E-state index contributed by atoms with van der Waals surface area (Å²) in [4.78, 5) is 9.72. The molecular weight excluding hydrogens is 104 g/mol. The first-order chi connectivity index (χ1) is 3.67. The Balaban J connectivity index is 2.26. The lowest BCUT2D eigenvalue weighted by molar-refractivity contribution is -0.130. The van der Waals surface area contributed by atoms with Gasteiger partial charge in [-0.2, -0.15) is 0 Å². The van der Waals surface area contributed by atoms with E-state index in [0.29, 0.717) is 6.47 Å². The van der Waals surface area contributed by atoms with E-state index in [1.165, 1.54) is 0 Å². The van der Waals surface area contributed by atoms with Gasteiger partial charge in [0.15, 0.2) is 0 Å². The molecule has 1 fully saturated rings. The molecule has 0 radical (unpaired) electrons. The van der Waals surface area contributed by atoms with Crippen molar-refractivity contribution in [2.45, 2.75) is 26.4 Å². The zero-order chi connectivity index (χ0) is 6.20. The summed E-state index contributed by atoms with van der Waals surface area (Å²) in [6.45, 7) is 4.70. The van der Waals surface area contributed by atoms with Crippen LogP contribution in [0.3, 0.4) is 0 Å². The summed E-state index contributed by atoms with van der Waals surface area (Å²) in [5.41, 5.74) is 0.265. The highest BCUT2D eigenvalue weighted by Crippen LogP contribution is 2.46. The molecule has 46 valence electrons. The fourth-order valence-electron chi connectivity index (χ4n) is 0.718. The van der Waals surface area contributed by atoms with E-state index < -0.39 is 0 Å². The average molecular weight is 114 g/mol. The smallest absolute Gasteiger partial charge is 0.293 e. The molecule has 1 rings (SSSR count). The molecule has 0 spiro atoms. The van der Waals surface area contributed by atoms with Crippen molar-refractivity contribution in [1.29, 1.82) is 0 Å². The van der Waals surface area contributed by atoms with Crippen molar-refractivity contribution >= 4 is 6.47 Å². The van der Waals surface area contributed by atoms with Crippen LogP contribution in [-0.2, 0) is 9.53 Å². The van der Waals surface area contributed by atoms with Gasteiger partial charge in [-0.3, -0.25) is 4.79 Å². The van der Waals surface area contributed by atoms with E-state index in [2.05, 4.69) is 18.6 Å². The summed E-state index contributed by atoms with van der Waals surface area (Å²) >= 11 is 0. The molecule has 0 aliphatic heterocycles. The zero-order valence-electron chi connectivity index (χ0n) is 5.18. The van der Waals surface area contributed by atoms with Crippen molar-refractivity contribution in [3.63, 3.8) is 0 Å². The molecule has 0 aromatic heterocycles. The molecule has 0 aromatic rings. The van der Waals surface area contributed by atoms with Crippen molar-refractivity contribution in [3.05, 3.63) is 0 Å². The van der Waals surface area contributed by atoms with E-state index >= 15 is 0 Å². The van der Waals surface area contributed by atoms with Crippen LogP contribution >= 0.6 is 0 Å². The van der Waals surface area contributed by atoms with Crippen LogP contribution in [0.15, 0.2) is 0 Å². The Hall–Kier alpha value is -0.530. The minimum Gasteiger partial charge on any atom is -0.464 e. The maximum atomic E-state index is 9.72. The molecule has 0 aromatic carbocycles. The minimum absolute atomic E-state index is 0.194. The van der Waals surface area contributed by atoms with Gasteiger partial charge in [0.05, 0.1) is 0 Å². The van der Waals surface area contributed by atoms with Gasteiger partial charge in [0.2, 0.25) is 0 Å². The molecule has 0 heterocycles. The second-order valence-electron chi connectivity index (χ2n) is 2.91. The van der Waals surface area contributed by atoms with Gasteiger partial charge in [0.1, 0.15) is 6.10 Å². The van der Waals surface area contributed by atoms with Crippen molar-refractivity contribution in [2.75, 3.05) is 0 Å². The molecule has 0 bridgehead atoms. The molecule has 0 unspecified atom stereocenters. The molecule has 1 aliphatic rings. The van der Waals surface area contributed by atoms with Crippen LogP contribution in [0.2, 0.25) is 0 Å². The third kappa shape index (κ3) is 0.831. The van der Waals surface area contributed by atoms with Gasteiger partial charge < -0.3 is 4.74 Å². The van der Waals surface area contributed by atoms with Gasteiger partial charge in [0.25, 0.3) is 6.47 Å². The van der Waals surface area contributed by atoms with Gasteiger partial charge >= 0.3 is 0 Å². The number of hydrogen-bond donors (Lipinski definition) is 0. The maximum Gasteiger partial charge on any atom is 0.293 e. The number of hydrogen-bond acceptors (Lipinski definition) is 2. The standard InChI is InChI=1S/C6H10O2/c1-6(2)3-5(6)8-4-7/h4-5H,3H2,1-2H3/t5-/m1/s1. The van der Waals surface area contributed by atoms with Gasteiger partial charge in [-0.05, 0) is 6.42 Å². The third-order valence-corrected chi connectivity index (χ3v) is 1.64. The summed E-state index contributed by atoms with van der Waals surface area (Å²) in [5.74, 6) is 0. The number of rotatable bonds is 2. The first kappa shape index (κ1) is 5.60. The van der Waals surface area contributed by atoms with E-state index in [4.69, 9.17) is 0 Å². The first-order valence-electron chi connectivity index (χ1n) is 2.76. The molecule has 2 heteroatoms. The molecule has 2 nitrogen and oxygen atoms in total. The largest absolute Gasteiger partial charge is 0.464 e. The Kier molecular flexibility index (Phi) is 1.03. The van der Waals surface area contributed by atoms with E-state index in [1.807, 2.05) is 0 Å². The van der Waals surface area contributed by atoms with Crippen LogP contribution in [0.1, 0.15) is 20.3 Å². The topological polar surface area (TPSA) is 26.3 Å². The fraction of sp³-hybridized carbons (Fsp3) is 0.833. The van der Waals surface area contributed by atoms with Crippen LogP contribution in [0, 0.1) is 5.41 Å². The lowest BCUT2D eigenvalue weighted by Gasteiger charge is -1.97. The second kappa shape index (κ2) is 1.47. The molecular formula is C6H10O2. The van der Waals surface area contributed by atoms with Gasteiger partial charge in [-0.1, -0.05) is 13.8 Å². The lowest BCUT2D eigenvalue weighted by atomic mass is 10.2. The van der Waals surface area contributed by atoms with Crippen molar-refractivity contribution in [1.82, 2.24) is 0 Å². The van der Waals surface area contributed by atoms with Crippen LogP contribution in [0.5, 0.6) is 0 Å². The quantitative estimate of drug-likeness (QED) is 0.500. The Morgan fingerprint density at radius 1 is 1.75 bits per heavy atom. The molecule has 0 saturated heterocycles. The lowest BCUT2D eigenvalue weighted by Crippen LogP contribution is -1.98. The zero-order valence-corrected chi connectivity index (χ0v) is 5.18. The van der Waals surface area contributed by atoms with Gasteiger partial charge in [-0.15, -0.1) is 0 Å². The predicted octanol–water partition coefficient (Wildman–Crippen LogP) is 0.958. The highest BCUT2D eigenvalue weighted by atomic mass is 16.5. The average Bonchev–Trinajstić information content (AvgIpc) is 2.15. The SMILES string of the molecule is CC1(C)C[C@H]1OC=O. The summed E-state index contributed by atoms with van der Waals surface area (Å²) in [6, 6.07) is 0. The number of carbonyl (C=O) groups is 1.